The molecule has 28 heavy (non-hydrogen) atoms. The molecule has 0 aliphatic carbocycles. The highest BCUT2D eigenvalue weighted by atomic mass is 32.1. The summed E-state index contributed by atoms with van der Waals surface area (Å²) in [5.41, 5.74) is 7.14. The first-order chi connectivity index (χ1) is 13.4. The van der Waals surface area contributed by atoms with E-state index in [1.54, 1.807) is 13.1 Å². The second-order valence-electron chi connectivity index (χ2n) is 8.20. The van der Waals surface area contributed by atoms with Crippen LogP contribution >= 0.6 is 11.3 Å². The Kier molecular flexibility index (Phi) is 6.69. The Hall–Kier alpha value is -1.16. The summed E-state index contributed by atoms with van der Waals surface area (Å²) >= 11 is 1.94. The lowest BCUT2D eigenvalue weighted by Gasteiger charge is -2.44. The Morgan fingerprint density at radius 1 is 1.39 bits per heavy atom. The number of thiophene rings is 1. The Balaban J connectivity index is 1.62. The SMILES string of the molecule is CCc1cc2c(s1)CCOC21CCN(C/C(N)=C/N(N)C(C)(CO)CO)CC1. The van der Waals surface area contributed by atoms with E-state index in [4.69, 9.17) is 16.3 Å². The first-order valence-electron chi connectivity index (χ1n) is 10.1. The molecule has 1 aromatic rings. The fraction of sp³-hybridized carbons (Fsp3) is 0.700. The summed E-state index contributed by atoms with van der Waals surface area (Å²) in [4.78, 5) is 5.26. The van der Waals surface area contributed by atoms with Gasteiger partial charge in [-0.1, -0.05) is 6.92 Å². The molecule has 1 spiro atoms. The first kappa shape index (κ1) is 21.5. The number of likely N-dealkylation sites (tertiary alicyclic amines) is 1. The number of nitrogens with two attached hydrogens (primary N) is 2. The summed E-state index contributed by atoms with van der Waals surface area (Å²) in [6.45, 7) is 6.62. The molecule has 0 amide bonds. The Bertz CT molecular complexity index is 694. The third-order valence-corrected chi connectivity index (χ3v) is 7.43. The summed E-state index contributed by atoms with van der Waals surface area (Å²) in [5.74, 6) is 5.98. The molecule has 6 N–H and O–H groups in total. The molecule has 8 heteroatoms. The molecule has 1 saturated heterocycles. The molecule has 7 nitrogen and oxygen atoms in total. The molecule has 0 aromatic carbocycles. The van der Waals surface area contributed by atoms with Crippen molar-refractivity contribution in [2.75, 3.05) is 39.5 Å². The molecule has 3 rings (SSSR count). The van der Waals surface area contributed by atoms with Gasteiger partial charge in [0, 0.05) is 47.7 Å². The van der Waals surface area contributed by atoms with Crippen LogP contribution in [-0.4, -0.2) is 65.1 Å². The molecule has 2 aliphatic rings. The van der Waals surface area contributed by atoms with E-state index < -0.39 is 5.54 Å². The van der Waals surface area contributed by atoms with E-state index in [1.165, 1.54) is 20.3 Å². The number of fused-ring (bicyclic) bond motifs is 2. The minimum absolute atomic E-state index is 0.140. The van der Waals surface area contributed by atoms with Crippen LogP contribution in [0.5, 0.6) is 0 Å². The van der Waals surface area contributed by atoms with Crippen molar-refractivity contribution in [2.45, 2.75) is 50.7 Å². The van der Waals surface area contributed by atoms with Crippen molar-refractivity contribution in [3.63, 3.8) is 0 Å². The summed E-state index contributed by atoms with van der Waals surface area (Å²) in [7, 11) is 0. The van der Waals surface area contributed by atoms with Gasteiger partial charge in [-0.15, -0.1) is 11.3 Å². The van der Waals surface area contributed by atoms with E-state index >= 15 is 0 Å². The zero-order chi connectivity index (χ0) is 20.4. The zero-order valence-electron chi connectivity index (χ0n) is 17.0. The molecule has 158 valence electrons. The molecule has 1 fully saturated rings. The third kappa shape index (κ3) is 4.22. The van der Waals surface area contributed by atoms with Gasteiger partial charge >= 0.3 is 0 Å². The van der Waals surface area contributed by atoms with Crippen LogP contribution in [0.4, 0.5) is 0 Å². The molecule has 0 unspecified atom stereocenters. The number of rotatable bonds is 7. The monoisotopic (exact) mass is 410 g/mol. The van der Waals surface area contributed by atoms with Crippen molar-refractivity contribution >= 4 is 11.3 Å². The van der Waals surface area contributed by atoms with Gasteiger partial charge in [0.2, 0.25) is 0 Å². The Morgan fingerprint density at radius 2 is 2.07 bits per heavy atom. The smallest absolute Gasteiger partial charge is 0.0986 e. The van der Waals surface area contributed by atoms with Crippen LogP contribution < -0.4 is 11.6 Å². The van der Waals surface area contributed by atoms with E-state index in [2.05, 4.69) is 17.9 Å². The number of ether oxygens (including phenoxy) is 1. The number of hydrazine groups is 1. The average Bonchev–Trinajstić information content (AvgIpc) is 3.14. The standard InChI is InChI=1S/C20H34N4O3S/c1-3-16-10-17-18(28-16)4-9-27-20(17)5-7-23(8-6-20)11-15(21)12-24(22)19(2,13-25)14-26/h10,12,25-26H,3-9,11,13-14,21-22H2,1-2H3/b15-12-. The molecule has 2 aliphatic heterocycles. The Morgan fingerprint density at radius 3 is 2.68 bits per heavy atom. The number of aryl methyl sites for hydroxylation is 1. The molecule has 1 aromatic heterocycles. The van der Waals surface area contributed by atoms with E-state index in [1.807, 2.05) is 11.3 Å². The predicted molar refractivity (Wildman–Crippen MR) is 112 cm³/mol. The normalized spacial score (nSPS) is 20.4. The molecule has 0 radical (unpaired) electrons. The summed E-state index contributed by atoms with van der Waals surface area (Å²) in [6.07, 6.45) is 5.65. The highest BCUT2D eigenvalue weighted by Crippen LogP contribution is 2.44. The van der Waals surface area contributed by atoms with Gasteiger partial charge in [-0.2, -0.15) is 0 Å². The highest BCUT2D eigenvalue weighted by molar-refractivity contribution is 7.12. The van der Waals surface area contributed by atoms with Crippen molar-refractivity contribution < 1.29 is 14.9 Å². The second kappa shape index (κ2) is 8.69. The van der Waals surface area contributed by atoms with Gasteiger partial charge < -0.3 is 25.7 Å². The van der Waals surface area contributed by atoms with Crippen molar-refractivity contribution in [2.24, 2.45) is 11.6 Å². The van der Waals surface area contributed by atoms with Crippen molar-refractivity contribution in [3.05, 3.63) is 33.3 Å². The lowest BCUT2D eigenvalue weighted by Crippen LogP contribution is -2.53. The van der Waals surface area contributed by atoms with Crippen LogP contribution in [0.25, 0.3) is 0 Å². The average molecular weight is 411 g/mol. The number of hydrogen-bond acceptors (Lipinski definition) is 8. The lowest BCUT2D eigenvalue weighted by molar-refractivity contribution is -0.0961. The number of nitrogens with zero attached hydrogens (tertiary/aromatic N) is 2. The fourth-order valence-electron chi connectivity index (χ4n) is 3.98. The maximum atomic E-state index is 9.46. The first-order valence-corrected chi connectivity index (χ1v) is 10.9. The minimum atomic E-state index is -0.932. The Labute approximate surface area is 171 Å². The topological polar surface area (TPSA) is 108 Å². The molecular weight excluding hydrogens is 376 g/mol. The molecule has 0 saturated carbocycles. The van der Waals surface area contributed by atoms with Crippen LogP contribution in [-0.2, 0) is 23.2 Å². The maximum absolute atomic E-state index is 9.46. The van der Waals surface area contributed by atoms with Gasteiger partial charge in [0.05, 0.1) is 31.0 Å². The van der Waals surface area contributed by atoms with E-state index in [0.717, 1.165) is 45.4 Å². The second-order valence-corrected chi connectivity index (χ2v) is 9.42. The zero-order valence-corrected chi connectivity index (χ0v) is 17.8. The number of piperidine rings is 1. The maximum Gasteiger partial charge on any atom is 0.0986 e. The van der Waals surface area contributed by atoms with E-state index in [9.17, 15) is 10.2 Å². The van der Waals surface area contributed by atoms with Gasteiger partial charge in [-0.3, -0.25) is 4.90 Å². The highest BCUT2D eigenvalue weighted by Gasteiger charge is 2.41. The quantitative estimate of drug-likeness (QED) is 0.391. The van der Waals surface area contributed by atoms with Gasteiger partial charge in [0.1, 0.15) is 0 Å². The molecular formula is C20H34N4O3S. The lowest BCUT2D eigenvalue weighted by atomic mass is 9.82. The van der Waals surface area contributed by atoms with Gasteiger partial charge in [-0.25, -0.2) is 5.84 Å². The van der Waals surface area contributed by atoms with E-state index in [0.29, 0.717) is 12.2 Å². The van der Waals surface area contributed by atoms with Gasteiger partial charge in [0.25, 0.3) is 0 Å². The van der Waals surface area contributed by atoms with Crippen LogP contribution in [0.3, 0.4) is 0 Å². The number of aliphatic hydroxyl groups is 2. The predicted octanol–water partition coefficient (Wildman–Crippen LogP) is 0.893. The van der Waals surface area contributed by atoms with Crippen LogP contribution in [0.15, 0.2) is 18.0 Å². The van der Waals surface area contributed by atoms with Gasteiger partial charge in [-0.05, 0) is 37.8 Å². The third-order valence-electron chi connectivity index (χ3n) is 6.09. The fourth-order valence-corrected chi connectivity index (χ4v) is 5.16. The number of aliphatic hydroxyl groups excluding tert-OH is 2. The minimum Gasteiger partial charge on any atom is -0.400 e. The van der Waals surface area contributed by atoms with Crippen molar-refractivity contribution in [3.8, 4) is 0 Å². The van der Waals surface area contributed by atoms with Crippen LogP contribution in [0.2, 0.25) is 0 Å². The molecule has 0 atom stereocenters. The van der Waals surface area contributed by atoms with Gasteiger partial charge in [0.15, 0.2) is 0 Å². The van der Waals surface area contributed by atoms with Crippen molar-refractivity contribution in [1.29, 1.82) is 0 Å². The summed E-state index contributed by atoms with van der Waals surface area (Å²) in [5, 5.41) is 20.2. The molecule has 3 heterocycles. The summed E-state index contributed by atoms with van der Waals surface area (Å²) < 4.78 is 6.33. The van der Waals surface area contributed by atoms with E-state index in [-0.39, 0.29) is 18.8 Å². The van der Waals surface area contributed by atoms with Crippen LogP contribution in [0, 0.1) is 0 Å². The largest absolute Gasteiger partial charge is 0.400 e. The number of hydrogen-bond donors (Lipinski definition) is 4. The summed E-state index contributed by atoms with van der Waals surface area (Å²) in [6, 6.07) is 2.36. The van der Waals surface area contributed by atoms with Crippen LogP contribution in [0.1, 0.15) is 42.0 Å². The molecule has 0 bridgehead atoms. The van der Waals surface area contributed by atoms with Crippen molar-refractivity contribution in [1.82, 2.24) is 9.91 Å².